The largest absolute Gasteiger partial charge is 0.382 e. The number of hydrogen-bond donors (Lipinski definition) is 2. The first-order valence-corrected chi connectivity index (χ1v) is 5.30. The highest BCUT2D eigenvalue weighted by Gasteiger charge is 2.17. The van der Waals surface area contributed by atoms with Gasteiger partial charge >= 0.3 is 0 Å². The fraction of sp³-hybridized carbons (Fsp3) is 0.545. The average Bonchev–Trinajstić information content (AvgIpc) is 2.27. The quantitative estimate of drug-likeness (QED) is 0.802. The van der Waals surface area contributed by atoms with E-state index in [1.165, 1.54) is 12.4 Å². The minimum atomic E-state index is -0.214. The third kappa shape index (κ3) is 3.49. The minimum Gasteiger partial charge on any atom is -0.382 e. The maximum Gasteiger partial charge on any atom is 0.271 e. The van der Waals surface area contributed by atoms with Gasteiger partial charge in [0, 0.05) is 6.54 Å². The molecule has 1 rings (SSSR count). The number of carbonyl (C=O) groups is 1. The number of nitrogens with two attached hydrogens (primary N) is 1. The molecule has 0 unspecified atom stereocenters. The molecule has 0 saturated carbocycles. The number of nitrogens with zero attached hydrogens (tertiary/aromatic N) is 2. The smallest absolute Gasteiger partial charge is 0.271 e. The molecule has 0 saturated heterocycles. The van der Waals surface area contributed by atoms with Crippen molar-refractivity contribution in [1.82, 2.24) is 15.3 Å². The van der Waals surface area contributed by atoms with E-state index in [4.69, 9.17) is 5.73 Å². The lowest BCUT2D eigenvalue weighted by molar-refractivity contribution is 0.0930. The molecule has 0 aliphatic carbocycles. The molecule has 5 heteroatoms. The van der Waals surface area contributed by atoms with E-state index in [1.54, 1.807) is 0 Å². The van der Waals surface area contributed by atoms with Gasteiger partial charge in [-0.2, -0.15) is 0 Å². The highest BCUT2D eigenvalue weighted by atomic mass is 16.1. The lowest BCUT2D eigenvalue weighted by atomic mass is 9.90. The van der Waals surface area contributed by atoms with Crippen LogP contribution < -0.4 is 11.1 Å². The fourth-order valence-corrected chi connectivity index (χ4v) is 0.990. The third-order valence-corrected chi connectivity index (χ3v) is 2.59. The van der Waals surface area contributed by atoms with Crippen LogP contribution in [0.1, 0.15) is 37.7 Å². The normalized spacial score (nSPS) is 11.2. The molecule has 0 atom stereocenters. The van der Waals surface area contributed by atoms with Crippen LogP contribution in [-0.4, -0.2) is 22.4 Å². The molecule has 88 valence electrons. The summed E-state index contributed by atoms with van der Waals surface area (Å²) < 4.78 is 0. The maximum atomic E-state index is 11.7. The summed E-state index contributed by atoms with van der Waals surface area (Å²) in [7, 11) is 0. The highest BCUT2D eigenvalue weighted by molar-refractivity contribution is 5.91. The molecular weight excluding hydrogens is 204 g/mol. The number of hydrogen-bond acceptors (Lipinski definition) is 4. The van der Waals surface area contributed by atoms with Crippen molar-refractivity contribution in [3.05, 3.63) is 18.1 Å². The molecule has 1 aromatic heterocycles. The summed E-state index contributed by atoms with van der Waals surface area (Å²) in [6.45, 7) is 6.91. The van der Waals surface area contributed by atoms with E-state index in [0.717, 1.165) is 6.42 Å². The van der Waals surface area contributed by atoms with Gasteiger partial charge in [-0.25, -0.2) is 9.97 Å². The SMILES string of the molecule is CCC(C)(C)CNC(=O)c1cnc(N)cn1. The number of anilines is 1. The highest BCUT2D eigenvalue weighted by Crippen LogP contribution is 2.17. The molecule has 1 aromatic rings. The van der Waals surface area contributed by atoms with E-state index in [0.29, 0.717) is 18.1 Å². The second-order valence-corrected chi connectivity index (χ2v) is 4.53. The number of aromatic nitrogens is 2. The molecule has 5 nitrogen and oxygen atoms in total. The number of nitrogen functional groups attached to an aromatic ring is 1. The molecule has 0 aliphatic heterocycles. The van der Waals surface area contributed by atoms with Crippen molar-refractivity contribution in [1.29, 1.82) is 0 Å². The molecule has 0 spiro atoms. The second kappa shape index (κ2) is 4.92. The molecule has 0 aliphatic rings. The summed E-state index contributed by atoms with van der Waals surface area (Å²) in [6.07, 6.45) is 3.75. The van der Waals surface area contributed by atoms with Crippen LogP contribution in [0.15, 0.2) is 12.4 Å². The van der Waals surface area contributed by atoms with Crippen molar-refractivity contribution in [3.8, 4) is 0 Å². The van der Waals surface area contributed by atoms with Gasteiger partial charge in [0.05, 0.1) is 12.4 Å². The van der Waals surface area contributed by atoms with Crippen molar-refractivity contribution in [2.45, 2.75) is 27.2 Å². The lowest BCUT2D eigenvalue weighted by Gasteiger charge is -2.22. The van der Waals surface area contributed by atoms with Gasteiger partial charge in [-0.1, -0.05) is 20.8 Å². The van der Waals surface area contributed by atoms with E-state index in [2.05, 4.69) is 36.1 Å². The first-order valence-electron chi connectivity index (χ1n) is 5.30. The summed E-state index contributed by atoms with van der Waals surface area (Å²) in [5.74, 6) is 0.0967. The van der Waals surface area contributed by atoms with Crippen molar-refractivity contribution in [3.63, 3.8) is 0 Å². The van der Waals surface area contributed by atoms with E-state index < -0.39 is 0 Å². The van der Waals surface area contributed by atoms with Crippen LogP contribution in [0.2, 0.25) is 0 Å². The monoisotopic (exact) mass is 222 g/mol. The standard InChI is InChI=1S/C11H18N4O/c1-4-11(2,3)7-15-10(16)8-5-14-9(12)6-13-8/h5-6H,4,7H2,1-3H3,(H2,12,14)(H,15,16). The molecule has 0 aromatic carbocycles. The van der Waals surface area contributed by atoms with Gasteiger partial charge in [0.2, 0.25) is 0 Å². The molecule has 16 heavy (non-hydrogen) atoms. The van der Waals surface area contributed by atoms with Crippen LogP contribution in [0, 0.1) is 5.41 Å². The van der Waals surface area contributed by atoms with Crippen molar-refractivity contribution >= 4 is 11.7 Å². The van der Waals surface area contributed by atoms with Gasteiger partial charge in [-0.15, -0.1) is 0 Å². The summed E-state index contributed by atoms with van der Waals surface area (Å²) in [6, 6.07) is 0. The Labute approximate surface area is 95.5 Å². The molecule has 0 fully saturated rings. The van der Waals surface area contributed by atoms with E-state index in [9.17, 15) is 4.79 Å². The average molecular weight is 222 g/mol. The van der Waals surface area contributed by atoms with Crippen LogP contribution in [0.3, 0.4) is 0 Å². The minimum absolute atomic E-state index is 0.0941. The van der Waals surface area contributed by atoms with Crippen LogP contribution in [0.25, 0.3) is 0 Å². The van der Waals surface area contributed by atoms with Gasteiger partial charge in [-0.3, -0.25) is 4.79 Å². The van der Waals surface area contributed by atoms with Crippen LogP contribution in [0.4, 0.5) is 5.82 Å². The van der Waals surface area contributed by atoms with Crippen molar-refractivity contribution in [2.75, 3.05) is 12.3 Å². The number of nitrogens with one attached hydrogen (secondary N) is 1. The Hall–Kier alpha value is -1.65. The number of amides is 1. The van der Waals surface area contributed by atoms with E-state index in [-0.39, 0.29) is 11.3 Å². The third-order valence-electron chi connectivity index (χ3n) is 2.59. The van der Waals surface area contributed by atoms with Crippen LogP contribution >= 0.6 is 0 Å². The Morgan fingerprint density at radius 3 is 2.62 bits per heavy atom. The van der Waals surface area contributed by atoms with Crippen LogP contribution in [0.5, 0.6) is 0 Å². The Kier molecular flexibility index (Phi) is 3.82. The second-order valence-electron chi connectivity index (χ2n) is 4.53. The predicted molar refractivity (Wildman–Crippen MR) is 62.8 cm³/mol. The van der Waals surface area contributed by atoms with Gasteiger partial charge in [0.1, 0.15) is 11.5 Å². The predicted octanol–water partition coefficient (Wildman–Crippen LogP) is 1.22. The van der Waals surface area contributed by atoms with Gasteiger partial charge in [-0.05, 0) is 11.8 Å². The molecule has 0 radical (unpaired) electrons. The van der Waals surface area contributed by atoms with E-state index >= 15 is 0 Å². The van der Waals surface area contributed by atoms with Crippen molar-refractivity contribution < 1.29 is 4.79 Å². The van der Waals surface area contributed by atoms with Gasteiger partial charge < -0.3 is 11.1 Å². The number of rotatable bonds is 4. The molecule has 1 amide bonds. The summed E-state index contributed by atoms with van der Waals surface area (Å²) >= 11 is 0. The Balaban J connectivity index is 2.56. The molecule has 0 bridgehead atoms. The molecular formula is C11H18N4O. The maximum absolute atomic E-state index is 11.7. The summed E-state index contributed by atoms with van der Waals surface area (Å²) in [5, 5.41) is 2.83. The Morgan fingerprint density at radius 1 is 1.44 bits per heavy atom. The molecule has 1 heterocycles. The fourth-order valence-electron chi connectivity index (χ4n) is 0.990. The topological polar surface area (TPSA) is 80.9 Å². The van der Waals surface area contributed by atoms with Crippen molar-refractivity contribution in [2.24, 2.45) is 5.41 Å². The number of carbonyl (C=O) groups excluding carboxylic acids is 1. The lowest BCUT2D eigenvalue weighted by Crippen LogP contribution is -2.34. The molecule has 3 N–H and O–H groups in total. The van der Waals surface area contributed by atoms with E-state index in [1.807, 2.05) is 0 Å². The summed E-state index contributed by atoms with van der Waals surface area (Å²) in [4.78, 5) is 19.4. The zero-order valence-electron chi connectivity index (χ0n) is 9.95. The van der Waals surface area contributed by atoms with Gasteiger partial charge in [0.25, 0.3) is 5.91 Å². The first-order chi connectivity index (χ1) is 7.44. The van der Waals surface area contributed by atoms with Gasteiger partial charge in [0.15, 0.2) is 0 Å². The van der Waals surface area contributed by atoms with Crippen LogP contribution in [-0.2, 0) is 0 Å². The zero-order valence-corrected chi connectivity index (χ0v) is 9.95. The zero-order chi connectivity index (χ0) is 12.2. The Morgan fingerprint density at radius 2 is 2.12 bits per heavy atom. The first kappa shape index (κ1) is 12.4. The Bertz CT molecular complexity index is 359. The summed E-state index contributed by atoms with van der Waals surface area (Å²) in [5.41, 5.74) is 5.77.